The molecule has 1 fully saturated rings. The molecule has 47 heavy (non-hydrogen) atoms. The summed E-state index contributed by atoms with van der Waals surface area (Å²) in [5.74, 6) is 0.231. The van der Waals surface area contributed by atoms with Gasteiger partial charge in [0, 0.05) is 41.0 Å². The van der Waals surface area contributed by atoms with Gasteiger partial charge >= 0.3 is 6.09 Å². The number of hydrogen-bond acceptors (Lipinski definition) is 9. The van der Waals surface area contributed by atoms with Crippen molar-refractivity contribution in [3.8, 4) is 0 Å². The molecule has 1 aliphatic heterocycles. The normalized spacial score (nSPS) is 15.6. The number of carbonyl (C=O) groups is 3. The first-order chi connectivity index (χ1) is 22.5. The summed E-state index contributed by atoms with van der Waals surface area (Å²) in [7, 11) is 6.28. The predicted octanol–water partition coefficient (Wildman–Crippen LogP) is 3.75. The van der Waals surface area contributed by atoms with Crippen molar-refractivity contribution < 1.29 is 23.9 Å². The highest BCUT2D eigenvalue weighted by molar-refractivity contribution is 5.95. The van der Waals surface area contributed by atoms with Crippen molar-refractivity contribution in [2.75, 3.05) is 40.1 Å². The molecule has 2 unspecified atom stereocenters. The van der Waals surface area contributed by atoms with Crippen LogP contribution in [-0.2, 0) is 32.0 Å². The summed E-state index contributed by atoms with van der Waals surface area (Å²) in [6, 6.07) is 3.16. The minimum atomic E-state index is -1.20. The van der Waals surface area contributed by atoms with Gasteiger partial charge in [0.25, 0.3) is 11.5 Å². The van der Waals surface area contributed by atoms with E-state index in [0.717, 1.165) is 37.8 Å². The number of carbonyl (C=O) groups excluding carboxylic acids is 3. The number of nitrogens with one attached hydrogen (secondary N) is 1. The van der Waals surface area contributed by atoms with Gasteiger partial charge in [-0.1, -0.05) is 19.9 Å². The van der Waals surface area contributed by atoms with Gasteiger partial charge in [0.2, 0.25) is 5.91 Å². The molecule has 14 heteroatoms. The number of ether oxygens (including phenoxy) is 2. The first kappa shape index (κ1) is 35.3. The third-order valence-electron chi connectivity index (χ3n) is 7.82. The molecule has 3 aromatic rings. The van der Waals surface area contributed by atoms with Gasteiger partial charge in [-0.25, -0.2) is 19.7 Å². The Kier molecular flexibility index (Phi) is 12.2. The first-order valence-electron chi connectivity index (χ1n) is 16.0. The molecule has 1 N–H and O–H groups in total. The highest BCUT2D eigenvalue weighted by Gasteiger charge is 2.27. The van der Waals surface area contributed by atoms with Gasteiger partial charge in [-0.2, -0.15) is 0 Å². The molecular weight excluding hydrogens is 604 g/mol. The lowest BCUT2D eigenvalue weighted by molar-refractivity contribution is -0.125. The number of aromatic nitrogens is 5. The monoisotopic (exact) mass is 650 g/mol. The zero-order chi connectivity index (χ0) is 34.1. The molecule has 0 aromatic carbocycles. The maximum Gasteiger partial charge on any atom is 0.410 e. The Labute approximate surface area is 274 Å². The second-order valence-corrected chi connectivity index (χ2v) is 12.5. The molecule has 1 aliphatic rings. The van der Waals surface area contributed by atoms with E-state index < -0.39 is 23.7 Å². The molecule has 0 radical (unpaired) electrons. The lowest BCUT2D eigenvalue weighted by Gasteiger charge is -2.25. The molecule has 14 nitrogen and oxygen atoms in total. The van der Waals surface area contributed by atoms with Gasteiger partial charge in [-0.05, 0) is 69.1 Å². The SMILES string of the molecule is CC(C)CCc1ncnc2c1nc(Cn1cccc(NC(=O)C(CCC=CC(=O)N(C)C)OC(=O)N(C)C)c1=O)n2C1CCCCO1. The summed E-state index contributed by atoms with van der Waals surface area (Å²) < 4.78 is 15.0. The Morgan fingerprint density at radius 2 is 1.91 bits per heavy atom. The fourth-order valence-corrected chi connectivity index (χ4v) is 5.12. The van der Waals surface area contributed by atoms with Gasteiger partial charge in [-0.15, -0.1) is 0 Å². The quantitative estimate of drug-likeness (QED) is 0.273. The fraction of sp³-hybridized carbons (Fsp3) is 0.545. The van der Waals surface area contributed by atoms with Crippen molar-refractivity contribution in [3.05, 3.63) is 58.7 Å². The second-order valence-electron chi connectivity index (χ2n) is 12.5. The van der Waals surface area contributed by atoms with Gasteiger partial charge in [-0.3, -0.25) is 19.0 Å². The maximum absolute atomic E-state index is 13.7. The van der Waals surface area contributed by atoms with Crippen LogP contribution in [0, 0.1) is 5.92 Å². The van der Waals surface area contributed by atoms with Crippen LogP contribution in [0.25, 0.3) is 11.2 Å². The zero-order valence-corrected chi connectivity index (χ0v) is 28.1. The van der Waals surface area contributed by atoms with Crippen molar-refractivity contribution in [2.45, 2.75) is 77.7 Å². The highest BCUT2D eigenvalue weighted by Crippen LogP contribution is 2.29. The van der Waals surface area contributed by atoms with Crippen molar-refractivity contribution in [2.24, 2.45) is 5.92 Å². The fourth-order valence-electron chi connectivity index (χ4n) is 5.12. The largest absolute Gasteiger partial charge is 0.436 e. The molecule has 2 atom stereocenters. The topological polar surface area (TPSA) is 154 Å². The van der Waals surface area contributed by atoms with Crippen LogP contribution >= 0.6 is 0 Å². The number of nitrogens with zero attached hydrogens (tertiary/aromatic N) is 7. The average Bonchev–Trinajstić information content (AvgIpc) is 3.41. The van der Waals surface area contributed by atoms with Gasteiger partial charge in [0.15, 0.2) is 11.8 Å². The van der Waals surface area contributed by atoms with E-state index in [9.17, 15) is 19.2 Å². The summed E-state index contributed by atoms with van der Waals surface area (Å²) >= 11 is 0. The number of pyridine rings is 1. The van der Waals surface area contributed by atoms with Crippen LogP contribution in [0.3, 0.4) is 0 Å². The number of likely N-dealkylation sites (N-methyl/N-ethyl adjacent to an activating group) is 1. The first-order valence-corrected chi connectivity index (χ1v) is 16.0. The number of amides is 3. The van der Waals surface area contributed by atoms with Crippen LogP contribution in [0.1, 0.15) is 70.1 Å². The van der Waals surface area contributed by atoms with E-state index in [4.69, 9.17) is 14.5 Å². The average molecular weight is 651 g/mol. The van der Waals surface area contributed by atoms with E-state index in [1.807, 2.05) is 4.57 Å². The lowest BCUT2D eigenvalue weighted by atomic mass is 10.1. The Morgan fingerprint density at radius 1 is 1.13 bits per heavy atom. The highest BCUT2D eigenvalue weighted by atomic mass is 16.6. The van der Waals surface area contributed by atoms with Crippen LogP contribution < -0.4 is 10.9 Å². The Balaban J connectivity index is 1.60. The van der Waals surface area contributed by atoms with Crippen LogP contribution in [-0.4, -0.2) is 92.7 Å². The van der Waals surface area contributed by atoms with Crippen molar-refractivity contribution >= 4 is 34.8 Å². The number of anilines is 1. The number of rotatable bonds is 13. The van der Waals surface area contributed by atoms with Crippen LogP contribution in [0.2, 0.25) is 0 Å². The van der Waals surface area contributed by atoms with E-state index in [0.29, 0.717) is 35.9 Å². The maximum atomic E-state index is 13.7. The van der Waals surface area contributed by atoms with Crippen molar-refractivity contribution in [1.29, 1.82) is 0 Å². The molecule has 254 valence electrons. The Morgan fingerprint density at radius 3 is 2.60 bits per heavy atom. The lowest BCUT2D eigenvalue weighted by Crippen LogP contribution is -2.37. The molecule has 0 saturated carbocycles. The summed E-state index contributed by atoms with van der Waals surface area (Å²) in [6.07, 6.45) is 8.87. The van der Waals surface area contributed by atoms with Gasteiger partial charge < -0.3 is 29.2 Å². The van der Waals surface area contributed by atoms with Gasteiger partial charge in [0.1, 0.15) is 29.6 Å². The molecule has 4 heterocycles. The molecule has 0 aliphatic carbocycles. The van der Waals surface area contributed by atoms with Crippen LogP contribution in [0.4, 0.5) is 10.5 Å². The Hall–Kier alpha value is -4.59. The molecule has 0 spiro atoms. The second kappa shape index (κ2) is 16.3. The molecule has 3 amide bonds. The van der Waals surface area contributed by atoms with Gasteiger partial charge in [0.05, 0.1) is 12.2 Å². The van der Waals surface area contributed by atoms with Crippen molar-refractivity contribution in [1.82, 2.24) is 33.9 Å². The summed E-state index contributed by atoms with van der Waals surface area (Å²) in [4.78, 5) is 68.0. The Bertz CT molecular complexity index is 1640. The number of hydrogen-bond donors (Lipinski definition) is 1. The number of imidazole rings is 1. The third-order valence-corrected chi connectivity index (χ3v) is 7.82. The van der Waals surface area contributed by atoms with E-state index in [-0.39, 0.29) is 30.8 Å². The predicted molar refractivity (Wildman–Crippen MR) is 177 cm³/mol. The van der Waals surface area contributed by atoms with E-state index in [1.165, 1.54) is 40.6 Å². The molecule has 3 aromatic heterocycles. The standard InChI is InChI=1S/C33H46N8O6/c1-22(2)16-17-23-29-30(35-21-34-23)41(28-15-9-10-19-46-28)26(37-29)20-40-18-11-12-24(32(40)44)36-31(43)25(47-33(45)39(5)6)13-7-8-14-27(42)38(3)4/h8,11-12,14,18,21-22,25,28H,7,9-10,13,15-17,19-20H2,1-6H3,(H,36,43). The minimum Gasteiger partial charge on any atom is -0.436 e. The van der Waals surface area contributed by atoms with Crippen LogP contribution in [0.5, 0.6) is 0 Å². The van der Waals surface area contributed by atoms with E-state index in [1.54, 1.807) is 38.8 Å². The molecule has 1 saturated heterocycles. The number of aryl methyl sites for hydroxylation is 1. The summed E-state index contributed by atoms with van der Waals surface area (Å²) in [5.41, 5.74) is 1.79. The smallest absolute Gasteiger partial charge is 0.410 e. The number of fused-ring (bicyclic) bond motifs is 1. The summed E-state index contributed by atoms with van der Waals surface area (Å²) in [6.45, 7) is 5.05. The van der Waals surface area contributed by atoms with E-state index in [2.05, 4.69) is 29.1 Å². The van der Waals surface area contributed by atoms with E-state index >= 15 is 0 Å². The third kappa shape index (κ3) is 9.24. The number of allylic oxidation sites excluding steroid dienone is 1. The molecule has 0 bridgehead atoms. The molecular formula is C33H46N8O6. The minimum absolute atomic E-state index is 0.0238. The van der Waals surface area contributed by atoms with Crippen molar-refractivity contribution in [3.63, 3.8) is 0 Å². The van der Waals surface area contributed by atoms with Crippen LogP contribution in [0.15, 0.2) is 41.6 Å². The zero-order valence-electron chi connectivity index (χ0n) is 28.1. The summed E-state index contributed by atoms with van der Waals surface area (Å²) in [5, 5.41) is 2.65. The molecule has 4 rings (SSSR count).